The Kier molecular flexibility index (Phi) is 3.40. The average molecular weight is 253 g/mol. The van der Waals surface area contributed by atoms with Crippen LogP contribution in [0.3, 0.4) is 0 Å². The molecule has 0 heterocycles. The molecule has 0 bridgehead atoms. The number of hydrogen-bond acceptors (Lipinski definition) is 1. The number of hydrogen-bond donors (Lipinski definition) is 1. The Bertz CT molecular complexity index is 400. The van der Waals surface area contributed by atoms with Gasteiger partial charge in [0.2, 0.25) is 0 Å². The molecular formula is C15H21ClO. The molecule has 0 spiro atoms. The standard InChI is InChI=1S/C15H21ClO/c1-15(2,3)9-10-6-12(7-10)11-4-5-14(17)13(16)8-11/h4-5,8,10,12,17H,6-7,9H2,1-3H3. The van der Waals surface area contributed by atoms with Gasteiger partial charge in [-0.1, -0.05) is 38.4 Å². The first-order valence-electron chi connectivity index (χ1n) is 6.33. The Hall–Kier alpha value is -0.690. The first kappa shape index (κ1) is 12.8. The third-order valence-corrected chi connectivity index (χ3v) is 3.88. The minimum atomic E-state index is 0.181. The molecule has 1 N–H and O–H groups in total. The lowest BCUT2D eigenvalue weighted by atomic mass is 9.66. The van der Waals surface area contributed by atoms with Crippen molar-refractivity contribution < 1.29 is 5.11 Å². The summed E-state index contributed by atoms with van der Waals surface area (Å²) in [5.41, 5.74) is 1.71. The highest BCUT2D eigenvalue weighted by Gasteiger charge is 2.33. The summed E-state index contributed by atoms with van der Waals surface area (Å²) in [5, 5.41) is 9.86. The second-order valence-corrected chi connectivity index (χ2v) is 6.92. The molecule has 1 aromatic rings. The fraction of sp³-hybridized carbons (Fsp3) is 0.600. The van der Waals surface area contributed by atoms with Crippen LogP contribution in [0.25, 0.3) is 0 Å². The van der Waals surface area contributed by atoms with Crippen LogP contribution in [-0.4, -0.2) is 5.11 Å². The van der Waals surface area contributed by atoms with Gasteiger partial charge in [-0.3, -0.25) is 0 Å². The van der Waals surface area contributed by atoms with E-state index in [0.717, 1.165) is 5.92 Å². The fourth-order valence-corrected chi connectivity index (χ4v) is 3.01. The van der Waals surface area contributed by atoms with E-state index < -0.39 is 0 Å². The largest absolute Gasteiger partial charge is 0.506 e. The van der Waals surface area contributed by atoms with Crippen LogP contribution in [0.2, 0.25) is 5.02 Å². The molecular weight excluding hydrogens is 232 g/mol. The molecule has 94 valence electrons. The van der Waals surface area contributed by atoms with E-state index in [9.17, 15) is 5.11 Å². The van der Waals surface area contributed by atoms with Gasteiger partial charge in [-0.25, -0.2) is 0 Å². The lowest BCUT2D eigenvalue weighted by Gasteiger charge is -2.39. The Balaban J connectivity index is 1.93. The number of rotatable bonds is 2. The molecule has 0 saturated heterocycles. The SMILES string of the molecule is CC(C)(C)CC1CC(c2ccc(O)c(Cl)c2)C1. The number of benzene rings is 1. The third-order valence-electron chi connectivity index (χ3n) is 3.58. The smallest absolute Gasteiger partial charge is 0.134 e. The van der Waals surface area contributed by atoms with Crippen LogP contribution in [0.1, 0.15) is 51.5 Å². The summed E-state index contributed by atoms with van der Waals surface area (Å²) in [5.74, 6) is 1.68. The van der Waals surface area contributed by atoms with E-state index in [1.165, 1.54) is 24.8 Å². The molecule has 1 aromatic carbocycles. The maximum atomic E-state index is 9.39. The van der Waals surface area contributed by atoms with Gasteiger partial charge in [0.05, 0.1) is 5.02 Å². The van der Waals surface area contributed by atoms with Crippen molar-refractivity contribution in [2.45, 2.75) is 46.0 Å². The van der Waals surface area contributed by atoms with Gasteiger partial charge in [0, 0.05) is 0 Å². The summed E-state index contributed by atoms with van der Waals surface area (Å²) in [6, 6.07) is 5.61. The molecule has 1 aliphatic rings. The van der Waals surface area contributed by atoms with Crippen LogP contribution in [0.5, 0.6) is 5.75 Å². The van der Waals surface area contributed by atoms with Gasteiger partial charge in [0.25, 0.3) is 0 Å². The predicted octanol–water partition coefficient (Wildman–Crippen LogP) is 4.98. The first-order chi connectivity index (χ1) is 7.85. The number of aromatic hydroxyl groups is 1. The van der Waals surface area contributed by atoms with E-state index in [1.807, 2.05) is 12.1 Å². The van der Waals surface area contributed by atoms with Gasteiger partial charge in [-0.05, 0) is 54.2 Å². The molecule has 1 fully saturated rings. The summed E-state index contributed by atoms with van der Waals surface area (Å²) < 4.78 is 0. The van der Waals surface area contributed by atoms with Gasteiger partial charge in [-0.2, -0.15) is 0 Å². The predicted molar refractivity (Wildman–Crippen MR) is 72.7 cm³/mol. The zero-order chi connectivity index (χ0) is 12.6. The molecule has 1 saturated carbocycles. The maximum Gasteiger partial charge on any atom is 0.134 e. The number of halogens is 1. The normalized spacial score (nSPS) is 24.5. The first-order valence-corrected chi connectivity index (χ1v) is 6.71. The van der Waals surface area contributed by atoms with Gasteiger partial charge in [0.15, 0.2) is 0 Å². The van der Waals surface area contributed by atoms with Gasteiger partial charge >= 0.3 is 0 Å². The zero-order valence-electron chi connectivity index (χ0n) is 10.8. The van der Waals surface area contributed by atoms with Crippen LogP contribution in [0, 0.1) is 11.3 Å². The van der Waals surface area contributed by atoms with Crippen LogP contribution in [-0.2, 0) is 0 Å². The van der Waals surface area contributed by atoms with E-state index in [4.69, 9.17) is 11.6 Å². The average Bonchev–Trinajstić information content (AvgIpc) is 2.14. The van der Waals surface area contributed by atoms with Crippen molar-refractivity contribution in [1.82, 2.24) is 0 Å². The Morgan fingerprint density at radius 1 is 1.29 bits per heavy atom. The van der Waals surface area contributed by atoms with Crippen molar-refractivity contribution in [2.24, 2.45) is 11.3 Å². The van der Waals surface area contributed by atoms with Crippen molar-refractivity contribution in [3.05, 3.63) is 28.8 Å². The summed E-state index contributed by atoms with van der Waals surface area (Å²) >= 11 is 5.93. The van der Waals surface area contributed by atoms with Crippen LogP contribution < -0.4 is 0 Å². The Morgan fingerprint density at radius 3 is 2.47 bits per heavy atom. The molecule has 0 amide bonds. The molecule has 1 aliphatic carbocycles. The second kappa shape index (κ2) is 4.53. The van der Waals surface area contributed by atoms with Crippen molar-refractivity contribution in [1.29, 1.82) is 0 Å². The zero-order valence-corrected chi connectivity index (χ0v) is 11.6. The summed E-state index contributed by atoms with van der Waals surface area (Å²) in [6.07, 6.45) is 3.83. The Labute approximate surface area is 109 Å². The molecule has 0 unspecified atom stereocenters. The highest BCUT2D eigenvalue weighted by Crippen LogP contribution is 2.47. The van der Waals surface area contributed by atoms with E-state index >= 15 is 0 Å². The summed E-state index contributed by atoms with van der Waals surface area (Å²) in [7, 11) is 0. The molecule has 0 aliphatic heterocycles. The minimum Gasteiger partial charge on any atom is -0.506 e. The Morgan fingerprint density at radius 2 is 1.94 bits per heavy atom. The number of phenolic OH excluding ortho intramolecular Hbond substituents is 1. The van der Waals surface area contributed by atoms with Crippen LogP contribution >= 0.6 is 11.6 Å². The van der Waals surface area contributed by atoms with Crippen molar-refractivity contribution in [3.8, 4) is 5.75 Å². The molecule has 0 aromatic heterocycles. The van der Waals surface area contributed by atoms with Crippen molar-refractivity contribution >= 4 is 11.6 Å². The monoisotopic (exact) mass is 252 g/mol. The number of phenols is 1. The van der Waals surface area contributed by atoms with Gasteiger partial charge in [0.1, 0.15) is 5.75 Å². The van der Waals surface area contributed by atoms with Crippen LogP contribution in [0.15, 0.2) is 18.2 Å². The van der Waals surface area contributed by atoms with Crippen molar-refractivity contribution in [3.63, 3.8) is 0 Å². The third kappa shape index (κ3) is 3.16. The van der Waals surface area contributed by atoms with Crippen LogP contribution in [0.4, 0.5) is 0 Å². The minimum absolute atomic E-state index is 0.181. The van der Waals surface area contributed by atoms with E-state index in [2.05, 4.69) is 20.8 Å². The topological polar surface area (TPSA) is 20.2 Å². The van der Waals surface area contributed by atoms with E-state index in [0.29, 0.717) is 16.4 Å². The highest BCUT2D eigenvalue weighted by atomic mass is 35.5. The van der Waals surface area contributed by atoms with E-state index in [1.54, 1.807) is 6.07 Å². The molecule has 0 atom stereocenters. The van der Waals surface area contributed by atoms with Gasteiger partial charge < -0.3 is 5.11 Å². The lowest BCUT2D eigenvalue weighted by molar-refractivity contribution is 0.179. The molecule has 2 rings (SSSR count). The second-order valence-electron chi connectivity index (χ2n) is 6.51. The molecule has 0 radical (unpaired) electrons. The maximum absolute atomic E-state index is 9.39. The van der Waals surface area contributed by atoms with E-state index in [-0.39, 0.29) is 5.75 Å². The summed E-state index contributed by atoms with van der Waals surface area (Å²) in [4.78, 5) is 0. The lowest BCUT2D eigenvalue weighted by Crippen LogP contribution is -2.26. The highest BCUT2D eigenvalue weighted by molar-refractivity contribution is 6.32. The molecule has 1 nitrogen and oxygen atoms in total. The quantitative estimate of drug-likeness (QED) is 0.787. The fourth-order valence-electron chi connectivity index (χ4n) is 2.82. The summed E-state index contributed by atoms with van der Waals surface area (Å²) in [6.45, 7) is 6.91. The molecule has 17 heavy (non-hydrogen) atoms. The van der Waals surface area contributed by atoms with Gasteiger partial charge in [-0.15, -0.1) is 0 Å². The van der Waals surface area contributed by atoms with Crippen molar-refractivity contribution in [2.75, 3.05) is 0 Å². The molecule has 2 heteroatoms.